The maximum atomic E-state index is 6.60. The van der Waals surface area contributed by atoms with E-state index in [0.717, 1.165) is 0 Å². The third kappa shape index (κ3) is 2.40. The van der Waals surface area contributed by atoms with Crippen LogP contribution in [-0.4, -0.2) is 12.2 Å². The molecule has 0 radical (unpaired) electrons. The molecule has 1 aromatic carbocycles. The second kappa shape index (κ2) is 5.50. The molecule has 110 valence electrons. The van der Waals surface area contributed by atoms with Gasteiger partial charge in [0.15, 0.2) is 0 Å². The molecule has 1 aliphatic carbocycles. The number of rotatable bonds is 2. The fraction of sp³-hybridized carbons (Fsp3) is 0.667. The molecular weight excluding hydrogens is 246 g/mol. The smallest absolute Gasteiger partial charge is 0.0600 e. The van der Waals surface area contributed by atoms with Crippen molar-refractivity contribution in [2.75, 3.05) is 0 Å². The minimum Gasteiger partial charge on any atom is -0.375 e. The molecule has 1 fully saturated rings. The van der Waals surface area contributed by atoms with Gasteiger partial charge < -0.3 is 10.5 Å². The van der Waals surface area contributed by atoms with Crippen molar-refractivity contribution in [2.24, 2.45) is 17.6 Å². The van der Waals surface area contributed by atoms with E-state index >= 15 is 0 Å². The van der Waals surface area contributed by atoms with E-state index in [1.165, 1.54) is 42.4 Å². The molecular formula is C18H27NO. The second-order valence-corrected chi connectivity index (χ2v) is 6.74. The van der Waals surface area contributed by atoms with Gasteiger partial charge in [-0.3, -0.25) is 0 Å². The number of nitrogens with two attached hydrogens (primary N) is 1. The Hall–Kier alpha value is -0.860. The van der Waals surface area contributed by atoms with Crippen LogP contribution in [0.25, 0.3) is 0 Å². The number of aryl methyl sites for hydroxylation is 2. The van der Waals surface area contributed by atoms with Crippen LogP contribution in [0.5, 0.6) is 0 Å². The molecule has 3 rings (SSSR count). The standard InChI is InChI=1S/C18H27NO/c1-11-12(2)20-13(3)17(11)18(19)16-9-8-14-6-4-5-7-15(14)10-16/h8-13,17-18H,4-7,19H2,1-3H3. The monoisotopic (exact) mass is 273 g/mol. The topological polar surface area (TPSA) is 35.2 Å². The quantitative estimate of drug-likeness (QED) is 0.893. The normalized spacial score (nSPS) is 34.8. The van der Waals surface area contributed by atoms with Gasteiger partial charge >= 0.3 is 0 Å². The fourth-order valence-corrected chi connectivity index (χ4v) is 4.10. The van der Waals surface area contributed by atoms with Crippen LogP contribution in [0.4, 0.5) is 0 Å². The lowest BCUT2D eigenvalue weighted by molar-refractivity contribution is 0.0489. The van der Waals surface area contributed by atoms with Gasteiger partial charge in [-0.1, -0.05) is 25.1 Å². The largest absolute Gasteiger partial charge is 0.375 e. The van der Waals surface area contributed by atoms with Crippen molar-refractivity contribution >= 4 is 0 Å². The van der Waals surface area contributed by atoms with Gasteiger partial charge in [-0.05, 0) is 62.1 Å². The zero-order valence-electron chi connectivity index (χ0n) is 12.9. The summed E-state index contributed by atoms with van der Waals surface area (Å²) in [5.41, 5.74) is 11.0. The molecule has 1 heterocycles. The van der Waals surface area contributed by atoms with E-state index < -0.39 is 0 Å². The first kappa shape index (κ1) is 14.1. The maximum Gasteiger partial charge on any atom is 0.0600 e. The third-order valence-corrected chi connectivity index (χ3v) is 5.49. The van der Waals surface area contributed by atoms with Gasteiger partial charge in [-0.15, -0.1) is 0 Å². The Labute approximate surface area is 122 Å². The highest BCUT2D eigenvalue weighted by molar-refractivity contribution is 5.35. The van der Waals surface area contributed by atoms with Crippen LogP contribution in [0, 0.1) is 11.8 Å². The lowest BCUT2D eigenvalue weighted by atomic mass is 9.79. The van der Waals surface area contributed by atoms with Crippen molar-refractivity contribution in [1.82, 2.24) is 0 Å². The molecule has 0 amide bonds. The SMILES string of the molecule is CC1OC(C)C(C(N)c2ccc3c(c2)CCCC3)C1C. The first-order chi connectivity index (χ1) is 9.58. The Morgan fingerprint density at radius 3 is 2.40 bits per heavy atom. The molecule has 2 nitrogen and oxygen atoms in total. The lowest BCUT2D eigenvalue weighted by Crippen LogP contribution is -2.30. The number of fused-ring (bicyclic) bond motifs is 1. The summed E-state index contributed by atoms with van der Waals surface area (Å²) in [6, 6.07) is 7.01. The second-order valence-electron chi connectivity index (χ2n) is 6.74. The first-order valence-corrected chi connectivity index (χ1v) is 8.10. The number of ether oxygens (including phenoxy) is 1. The van der Waals surface area contributed by atoms with Crippen LogP contribution in [-0.2, 0) is 17.6 Å². The van der Waals surface area contributed by atoms with Crippen LogP contribution >= 0.6 is 0 Å². The third-order valence-electron chi connectivity index (χ3n) is 5.49. The van der Waals surface area contributed by atoms with E-state index in [4.69, 9.17) is 10.5 Å². The van der Waals surface area contributed by atoms with Gasteiger partial charge in [0, 0.05) is 12.0 Å². The predicted octanol–water partition coefficient (Wildman–Crippen LogP) is 3.62. The van der Waals surface area contributed by atoms with Crippen LogP contribution in [0.15, 0.2) is 18.2 Å². The number of hydrogen-bond donors (Lipinski definition) is 1. The Bertz CT molecular complexity index is 484. The molecule has 0 spiro atoms. The average Bonchev–Trinajstić information content (AvgIpc) is 2.71. The molecule has 1 aromatic rings. The van der Waals surface area contributed by atoms with E-state index in [-0.39, 0.29) is 12.1 Å². The maximum absolute atomic E-state index is 6.60. The molecule has 0 bridgehead atoms. The van der Waals surface area contributed by atoms with Crippen molar-refractivity contribution in [3.8, 4) is 0 Å². The van der Waals surface area contributed by atoms with E-state index in [2.05, 4.69) is 39.0 Å². The minimum absolute atomic E-state index is 0.0946. The summed E-state index contributed by atoms with van der Waals surface area (Å²) in [6.45, 7) is 6.61. The van der Waals surface area contributed by atoms with Crippen molar-refractivity contribution in [3.63, 3.8) is 0 Å². The van der Waals surface area contributed by atoms with Crippen LogP contribution in [0.3, 0.4) is 0 Å². The van der Waals surface area contributed by atoms with Crippen LogP contribution < -0.4 is 5.73 Å². The highest BCUT2D eigenvalue weighted by Gasteiger charge is 2.40. The summed E-state index contributed by atoms with van der Waals surface area (Å²) >= 11 is 0. The Morgan fingerprint density at radius 1 is 1.05 bits per heavy atom. The summed E-state index contributed by atoms with van der Waals surface area (Å²) in [5, 5.41) is 0. The fourth-order valence-electron chi connectivity index (χ4n) is 4.10. The minimum atomic E-state index is 0.0946. The Balaban J connectivity index is 1.85. The zero-order valence-corrected chi connectivity index (χ0v) is 12.9. The van der Waals surface area contributed by atoms with Crippen molar-refractivity contribution in [3.05, 3.63) is 34.9 Å². The van der Waals surface area contributed by atoms with Crippen molar-refractivity contribution in [2.45, 2.75) is 64.7 Å². The lowest BCUT2D eigenvalue weighted by Gasteiger charge is -2.27. The van der Waals surface area contributed by atoms with Gasteiger partial charge in [0.25, 0.3) is 0 Å². The molecule has 2 heteroatoms. The molecule has 0 saturated carbocycles. The molecule has 0 aromatic heterocycles. The Kier molecular flexibility index (Phi) is 3.87. The van der Waals surface area contributed by atoms with Crippen molar-refractivity contribution < 1.29 is 4.74 Å². The Morgan fingerprint density at radius 2 is 1.75 bits per heavy atom. The van der Waals surface area contributed by atoms with Crippen LogP contribution in [0.1, 0.15) is 56.3 Å². The number of hydrogen-bond acceptors (Lipinski definition) is 2. The van der Waals surface area contributed by atoms with Crippen LogP contribution in [0.2, 0.25) is 0 Å². The molecule has 1 saturated heterocycles. The van der Waals surface area contributed by atoms with E-state index in [0.29, 0.717) is 17.9 Å². The molecule has 20 heavy (non-hydrogen) atoms. The van der Waals surface area contributed by atoms with E-state index in [1.807, 2.05) is 0 Å². The molecule has 2 N–H and O–H groups in total. The van der Waals surface area contributed by atoms with Gasteiger partial charge in [-0.25, -0.2) is 0 Å². The molecule has 5 atom stereocenters. The summed E-state index contributed by atoms with van der Waals surface area (Å²) in [7, 11) is 0. The van der Waals surface area contributed by atoms with Gasteiger partial charge in [0.05, 0.1) is 12.2 Å². The summed E-state index contributed by atoms with van der Waals surface area (Å²) in [6.07, 6.45) is 5.69. The van der Waals surface area contributed by atoms with Gasteiger partial charge in [0.1, 0.15) is 0 Å². The van der Waals surface area contributed by atoms with Gasteiger partial charge in [-0.2, -0.15) is 0 Å². The summed E-state index contributed by atoms with van der Waals surface area (Å²) < 4.78 is 5.96. The predicted molar refractivity (Wildman–Crippen MR) is 82.7 cm³/mol. The highest BCUT2D eigenvalue weighted by Crippen LogP contribution is 2.40. The molecule has 5 unspecified atom stereocenters. The van der Waals surface area contributed by atoms with Crippen molar-refractivity contribution in [1.29, 1.82) is 0 Å². The summed E-state index contributed by atoms with van der Waals surface area (Å²) in [5.74, 6) is 0.947. The van der Waals surface area contributed by atoms with E-state index in [1.54, 1.807) is 0 Å². The molecule has 2 aliphatic rings. The van der Waals surface area contributed by atoms with E-state index in [9.17, 15) is 0 Å². The highest BCUT2D eigenvalue weighted by atomic mass is 16.5. The first-order valence-electron chi connectivity index (χ1n) is 8.10. The number of benzene rings is 1. The molecule has 1 aliphatic heterocycles. The summed E-state index contributed by atoms with van der Waals surface area (Å²) in [4.78, 5) is 0. The average molecular weight is 273 g/mol. The zero-order chi connectivity index (χ0) is 14.3. The van der Waals surface area contributed by atoms with Gasteiger partial charge in [0.2, 0.25) is 0 Å².